The number of aromatic nitrogens is 3. The summed E-state index contributed by atoms with van der Waals surface area (Å²) in [6.45, 7) is 2.55. The van der Waals surface area contributed by atoms with Crippen LogP contribution in [0.15, 0.2) is 36.7 Å². The van der Waals surface area contributed by atoms with Crippen molar-refractivity contribution in [1.82, 2.24) is 14.8 Å². The summed E-state index contributed by atoms with van der Waals surface area (Å²) in [5.41, 5.74) is 6.23. The molecule has 0 aliphatic heterocycles. The lowest BCUT2D eigenvalue weighted by Gasteiger charge is -2.02. The minimum atomic E-state index is -0.307. The highest BCUT2D eigenvalue weighted by Crippen LogP contribution is 2.13. The van der Waals surface area contributed by atoms with Crippen molar-refractivity contribution in [2.24, 2.45) is 0 Å². The van der Waals surface area contributed by atoms with Gasteiger partial charge in [-0.1, -0.05) is 12.1 Å². The number of ether oxygens (including phenoxy) is 1. The fraction of sp³-hybridized carbons (Fsp3) is 0.154. The third-order valence-electron chi connectivity index (χ3n) is 2.34. The van der Waals surface area contributed by atoms with E-state index in [-0.39, 0.29) is 11.9 Å². The largest absolute Gasteiger partial charge is 0.494 e. The molecule has 6 nitrogen and oxygen atoms in total. The molecule has 0 unspecified atom stereocenters. The van der Waals surface area contributed by atoms with Crippen molar-refractivity contribution in [2.75, 3.05) is 12.3 Å². The Labute approximate surface area is 110 Å². The monoisotopic (exact) mass is 258 g/mol. The average molecular weight is 258 g/mol. The van der Waals surface area contributed by atoms with Gasteiger partial charge < -0.3 is 10.5 Å². The van der Waals surface area contributed by atoms with E-state index in [1.165, 1.54) is 12.4 Å². The molecule has 0 radical (unpaired) electrons. The third-order valence-corrected chi connectivity index (χ3v) is 2.34. The Morgan fingerprint density at radius 1 is 1.42 bits per heavy atom. The van der Waals surface area contributed by atoms with Gasteiger partial charge in [0.25, 0.3) is 5.91 Å². The first-order chi connectivity index (χ1) is 9.19. The van der Waals surface area contributed by atoms with Crippen LogP contribution in [0.4, 0.5) is 5.95 Å². The van der Waals surface area contributed by atoms with E-state index >= 15 is 0 Å². The van der Waals surface area contributed by atoms with Gasteiger partial charge in [0.15, 0.2) is 0 Å². The van der Waals surface area contributed by atoms with Crippen molar-refractivity contribution < 1.29 is 9.53 Å². The molecule has 19 heavy (non-hydrogen) atoms. The van der Waals surface area contributed by atoms with Crippen LogP contribution < -0.4 is 10.5 Å². The predicted octanol–water partition coefficient (Wildman–Crippen LogP) is 1.61. The number of allylic oxidation sites excluding steroid dienone is 1. The second-order valence-electron chi connectivity index (χ2n) is 3.72. The maximum atomic E-state index is 11.7. The number of hydrogen-bond donors (Lipinski definition) is 1. The first-order valence-corrected chi connectivity index (χ1v) is 5.81. The van der Waals surface area contributed by atoms with Gasteiger partial charge in [-0.05, 0) is 30.7 Å². The minimum absolute atomic E-state index is 0.0721. The van der Waals surface area contributed by atoms with E-state index in [4.69, 9.17) is 10.5 Å². The number of rotatable bonds is 4. The summed E-state index contributed by atoms with van der Waals surface area (Å²) in [5, 5.41) is 3.72. The number of nitrogens with zero attached hydrogens (tertiary/aromatic N) is 3. The molecule has 0 saturated heterocycles. The molecule has 1 heterocycles. The van der Waals surface area contributed by atoms with Crippen molar-refractivity contribution in [2.45, 2.75) is 6.92 Å². The van der Waals surface area contributed by atoms with Gasteiger partial charge >= 0.3 is 0 Å². The highest BCUT2D eigenvalue weighted by atomic mass is 16.5. The van der Waals surface area contributed by atoms with Gasteiger partial charge in [-0.15, -0.1) is 5.10 Å². The second kappa shape index (κ2) is 5.81. The van der Waals surface area contributed by atoms with Crippen LogP contribution >= 0.6 is 0 Å². The number of nitrogen functional groups attached to an aromatic ring is 1. The Hall–Kier alpha value is -2.63. The summed E-state index contributed by atoms with van der Waals surface area (Å²) in [6.07, 6.45) is 4.37. The van der Waals surface area contributed by atoms with E-state index in [0.29, 0.717) is 6.61 Å². The third kappa shape index (κ3) is 3.41. The van der Waals surface area contributed by atoms with Gasteiger partial charge in [0, 0.05) is 6.08 Å². The van der Waals surface area contributed by atoms with E-state index in [0.717, 1.165) is 16.0 Å². The molecule has 0 saturated carbocycles. The number of carbonyl (C=O) groups excluding carboxylic acids is 1. The summed E-state index contributed by atoms with van der Waals surface area (Å²) in [4.78, 5) is 15.4. The van der Waals surface area contributed by atoms with Gasteiger partial charge in [0.2, 0.25) is 5.95 Å². The normalized spacial score (nSPS) is 10.8. The summed E-state index contributed by atoms with van der Waals surface area (Å²) < 4.78 is 6.41. The molecule has 6 heteroatoms. The Kier molecular flexibility index (Phi) is 3.92. The lowest BCUT2D eigenvalue weighted by atomic mass is 10.2. The Morgan fingerprint density at radius 2 is 2.16 bits per heavy atom. The van der Waals surface area contributed by atoms with Crippen molar-refractivity contribution >= 4 is 17.9 Å². The summed E-state index contributed by atoms with van der Waals surface area (Å²) >= 11 is 0. The first-order valence-electron chi connectivity index (χ1n) is 5.81. The molecule has 0 atom stereocenters. The molecule has 0 fully saturated rings. The zero-order valence-corrected chi connectivity index (χ0v) is 10.5. The van der Waals surface area contributed by atoms with Crippen LogP contribution in [0.25, 0.3) is 6.08 Å². The quantitative estimate of drug-likeness (QED) is 0.842. The topological polar surface area (TPSA) is 83.0 Å². The SMILES string of the molecule is CCOc1ccc(C=CC(=O)n2cnc(N)n2)cc1. The summed E-state index contributed by atoms with van der Waals surface area (Å²) in [7, 11) is 0. The van der Waals surface area contributed by atoms with Crippen molar-refractivity contribution in [3.63, 3.8) is 0 Å². The Balaban J connectivity index is 2.03. The van der Waals surface area contributed by atoms with Gasteiger partial charge in [-0.25, -0.2) is 4.98 Å². The smallest absolute Gasteiger partial charge is 0.272 e. The van der Waals surface area contributed by atoms with Crippen LogP contribution in [0.2, 0.25) is 0 Å². The molecule has 2 aromatic rings. The highest BCUT2D eigenvalue weighted by molar-refractivity contribution is 5.93. The first kappa shape index (κ1) is 12.8. The Bertz CT molecular complexity index is 587. The fourth-order valence-corrected chi connectivity index (χ4v) is 1.47. The zero-order valence-electron chi connectivity index (χ0n) is 10.5. The van der Waals surface area contributed by atoms with Crippen LogP contribution in [-0.2, 0) is 0 Å². The van der Waals surface area contributed by atoms with Crippen LogP contribution in [0.3, 0.4) is 0 Å². The van der Waals surface area contributed by atoms with Crippen molar-refractivity contribution in [1.29, 1.82) is 0 Å². The van der Waals surface area contributed by atoms with Gasteiger partial charge in [-0.3, -0.25) is 4.79 Å². The van der Waals surface area contributed by atoms with Crippen LogP contribution in [-0.4, -0.2) is 27.3 Å². The molecule has 0 spiro atoms. The molecule has 0 amide bonds. The maximum Gasteiger partial charge on any atom is 0.272 e. The van der Waals surface area contributed by atoms with Crippen LogP contribution in [0.1, 0.15) is 17.3 Å². The average Bonchev–Trinajstić information content (AvgIpc) is 2.85. The maximum absolute atomic E-state index is 11.7. The molecule has 2 N–H and O–H groups in total. The van der Waals surface area contributed by atoms with Gasteiger partial charge in [0.1, 0.15) is 12.1 Å². The fourth-order valence-electron chi connectivity index (χ4n) is 1.47. The Morgan fingerprint density at radius 3 is 2.74 bits per heavy atom. The van der Waals surface area contributed by atoms with E-state index in [1.54, 1.807) is 6.08 Å². The number of benzene rings is 1. The number of carbonyl (C=O) groups is 1. The van der Waals surface area contributed by atoms with Gasteiger partial charge in [-0.2, -0.15) is 4.68 Å². The molecule has 0 aliphatic carbocycles. The number of anilines is 1. The second-order valence-corrected chi connectivity index (χ2v) is 3.72. The van der Waals surface area contributed by atoms with Crippen molar-refractivity contribution in [3.8, 4) is 5.75 Å². The molecule has 1 aromatic carbocycles. The van der Waals surface area contributed by atoms with Crippen molar-refractivity contribution in [3.05, 3.63) is 42.2 Å². The lowest BCUT2D eigenvalue weighted by molar-refractivity contribution is 0.0955. The molecular formula is C13H14N4O2. The molecule has 1 aromatic heterocycles. The number of nitrogens with two attached hydrogens (primary N) is 1. The molecule has 2 rings (SSSR count). The highest BCUT2D eigenvalue weighted by Gasteiger charge is 2.02. The molecular weight excluding hydrogens is 244 g/mol. The molecule has 0 aliphatic rings. The van der Waals surface area contributed by atoms with Crippen LogP contribution in [0.5, 0.6) is 5.75 Å². The number of hydrogen-bond acceptors (Lipinski definition) is 5. The van der Waals surface area contributed by atoms with Gasteiger partial charge in [0.05, 0.1) is 6.61 Å². The minimum Gasteiger partial charge on any atom is -0.494 e. The predicted molar refractivity (Wildman–Crippen MR) is 71.7 cm³/mol. The van der Waals surface area contributed by atoms with E-state index in [9.17, 15) is 4.79 Å². The molecule has 98 valence electrons. The van der Waals surface area contributed by atoms with Crippen LogP contribution in [0, 0.1) is 0 Å². The zero-order chi connectivity index (χ0) is 13.7. The summed E-state index contributed by atoms with van der Waals surface area (Å²) in [6, 6.07) is 7.43. The lowest BCUT2D eigenvalue weighted by Crippen LogP contribution is -2.08. The summed E-state index contributed by atoms with van der Waals surface area (Å²) in [5.74, 6) is 0.566. The van der Waals surface area contributed by atoms with E-state index in [1.807, 2.05) is 31.2 Å². The van der Waals surface area contributed by atoms with E-state index < -0.39 is 0 Å². The standard InChI is InChI=1S/C13H14N4O2/c1-2-19-11-6-3-10(4-7-11)5-8-12(18)17-9-15-13(14)16-17/h3-9H,2H2,1H3,(H2,14,16). The molecule has 0 bridgehead atoms. The van der Waals surface area contributed by atoms with E-state index in [2.05, 4.69) is 10.1 Å².